The Kier molecular flexibility index (Phi) is 6.11. The number of methoxy groups -OCH3 is 2. The van der Waals surface area contributed by atoms with Crippen LogP contribution in [0.5, 0.6) is 11.5 Å². The van der Waals surface area contributed by atoms with E-state index in [-0.39, 0.29) is 11.8 Å². The van der Waals surface area contributed by atoms with Gasteiger partial charge in [-0.05, 0) is 42.5 Å². The number of hydrogen-bond acceptors (Lipinski definition) is 5. The minimum Gasteiger partial charge on any atom is -0.497 e. The number of aromatic nitrogens is 2. The summed E-state index contributed by atoms with van der Waals surface area (Å²) in [5, 5.41) is 4.75. The number of carbonyl (C=O) groups is 2. The molecule has 2 aromatic carbocycles. The Morgan fingerprint density at radius 2 is 1.50 bits per heavy atom. The van der Waals surface area contributed by atoms with Crippen LogP contribution in [0.25, 0.3) is 16.9 Å². The number of hydrogen-bond donors (Lipinski definition) is 0. The highest BCUT2D eigenvalue weighted by atomic mass is 16.5. The summed E-state index contributed by atoms with van der Waals surface area (Å²) >= 11 is 0. The monoisotopic (exact) mass is 434 g/mol. The van der Waals surface area contributed by atoms with Crippen LogP contribution in [0.4, 0.5) is 0 Å². The summed E-state index contributed by atoms with van der Waals surface area (Å²) in [7, 11) is 3.23. The lowest BCUT2D eigenvalue weighted by atomic mass is 10.1. The molecular formula is C24H26N4O4. The van der Waals surface area contributed by atoms with Crippen LogP contribution in [-0.2, 0) is 4.79 Å². The predicted octanol–water partition coefficient (Wildman–Crippen LogP) is 2.86. The third kappa shape index (κ3) is 4.30. The molecule has 0 atom stereocenters. The summed E-state index contributed by atoms with van der Waals surface area (Å²) in [5.41, 5.74) is 2.74. The molecule has 0 N–H and O–H groups in total. The molecule has 2 amide bonds. The topological polar surface area (TPSA) is 76.9 Å². The van der Waals surface area contributed by atoms with E-state index in [0.29, 0.717) is 37.6 Å². The molecule has 1 aliphatic rings. The molecule has 1 aromatic heterocycles. The van der Waals surface area contributed by atoms with Crippen LogP contribution in [0.3, 0.4) is 0 Å². The van der Waals surface area contributed by atoms with Crippen molar-refractivity contribution < 1.29 is 19.1 Å². The van der Waals surface area contributed by atoms with Crippen molar-refractivity contribution in [1.82, 2.24) is 19.6 Å². The molecule has 32 heavy (non-hydrogen) atoms. The molecule has 1 fully saturated rings. The first-order chi connectivity index (χ1) is 15.5. The maximum Gasteiger partial charge on any atom is 0.272 e. The van der Waals surface area contributed by atoms with Crippen molar-refractivity contribution in [2.75, 3.05) is 40.4 Å². The van der Waals surface area contributed by atoms with E-state index >= 15 is 0 Å². The Bertz CT molecular complexity index is 1120. The van der Waals surface area contributed by atoms with Crippen LogP contribution in [0.15, 0.2) is 54.6 Å². The quantitative estimate of drug-likeness (QED) is 0.617. The Hall–Kier alpha value is -3.81. The SMILES string of the molecule is COc1ccc(-n2nc(-c3cccc(OC)c3)cc2C(=O)N2CCN(C(C)=O)CC2)cc1. The van der Waals surface area contributed by atoms with Crippen LogP contribution in [0, 0.1) is 0 Å². The molecule has 8 heteroatoms. The van der Waals surface area contributed by atoms with Crippen LogP contribution in [0.1, 0.15) is 17.4 Å². The van der Waals surface area contributed by atoms with Crippen LogP contribution >= 0.6 is 0 Å². The molecule has 8 nitrogen and oxygen atoms in total. The minimum absolute atomic E-state index is 0.0284. The molecule has 166 valence electrons. The predicted molar refractivity (Wildman–Crippen MR) is 120 cm³/mol. The van der Waals surface area contributed by atoms with Crippen molar-refractivity contribution in [2.45, 2.75) is 6.92 Å². The van der Waals surface area contributed by atoms with Crippen molar-refractivity contribution in [3.63, 3.8) is 0 Å². The highest BCUT2D eigenvalue weighted by Crippen LogP contribution is 2.26. The number of benzene rings is 2. The zero-order valence-electron chi connectivity index (χ0n) is 18.4. The number of amides is 2. The van der Waals surface area contributed by atoms with E-state index in [9.17, 15) is 9.59 Å². The highest BCUT2D eigenvalue weighted by molar-refractivity contribution is 5.94. The van der Waals surface area contributed by atoms with Gasteiger partial charge >= 0.3 is 0 Å². The number of nitrogens with zero attached hydrogens (tertiary/aromatic N) is 4. The summed E-state index contributed by atoms with van der Waals surface area (Å²) in [6, 6.07) is 16.8. The van der Waals surface area contributed by atoms with Gasteiger partial charge in [0, 0.05) is 38.7 Å². The fourth-order valence-electron chi connectivity index (χ4n) is 3.76. The number of ether oxygens (including phenoxy) is 2. The first-order valence-electron chi connectivity index (χ1n) is 10.4. The van der Waals surface area contributed by atoms with E-state index in [1.807, 2.05) is 48.5 Å². The summed E-state index contributed by atoms with van der Waals surface area (Å²) in [4.78, 5) is 28.6. The van der Waals surface area contributed by atoms with Gasteiger partial charge in [0.05, 0.1) is 25.6 Å². The summed E-state index contributed by atoms with van der Waals surface area (Å²) < 4.78 is 12.3. The fraction of sp³-hybridized carbons (Fsp3) is 0.292. The molecule has 0 saturated carbocycles. The normalized spacial score (nSPS) is 13.7. The number of carbonyl (C=O) groups excluding carboxylic acids is 2. The third-order valence-electron chi connectivity index (χ3n) is 5.62. The van der Waals surface area contributed by atoms with E-state index in [2.05, 4.69) is 0 Å². The van der Waals surface area contributed by atoms with Gasteiger partial charge in [0.15, 0.2) is 0 Å². The lowest BCUT2D eigenvalue weighted by molar-refractivity contribution is -0.130. The second kappa shape index (κ2) is 9.13. The Morgan fingerprint density at radius 3 is 2.12 bits per heavy atom. The molecule has 1 aliphatic heterocycles. The van der Waals surface area contributed by atoms with Crippen LogP contribution < -0.4 is 9.47 Å². The maximum atomic E-state index is 13.5. The largest absolute Gasteiger partial charge is 0.497 e. The highest BCUT2D eigenvalue weighted by Gasteiger charge is 2.27. The van der Waals surface area contributed by atoms with Crippen LogP contribution in [0.2, 0.25) is 0 Å². The zero-order chi connectivity index (χ0) is 22.7. The van der Waals surface area contributed by atoms with Gasteiger partial charge in [-0.25, -0.2) is 4.68 Å². The Morgan fingerprint density at radius 1 is 0.844 bits per heavy atom. The van der Waals surface area contributed by atoms with Crippen molar-refractivity contribution in [3.8, 4) is 28.4 Å². The average Bonchev–Trinajstić information content (AvgIpc) is 3.29. The summed E-state index contributed by atoms with van der Waals surface area (Å²) in [6.45, 7) is 3.58. The number of rotatable bonds is 5. The lowest BCUT2D eigenvalue weighted by Crippen LogP contribution is -2.50. The molecule has 0 spiro atoms. The standard InChI is InChI=1S/C24H26N4O4/c1-17(29)26-11-13-27(14-12-26)24(30)23-16-22(18-5-4-6-21(15-18)32-3)25-28(23)19-7-9-20(31-2)10-8-19/h4-10,15-16H,11-14H2,1-3H3. The van der Waals surface area contributed by atoms with Gasteiger partial charge in [0.2, 0.25) is 5.91 Å². The third-order valence-corrected chi connectivity index (χ3v) is 5.62. The van der Waals surface area contributed by atoms with E-state index in [4.69, 9.17) is 14.6 Å². The van der Waals surface area contributed by atoms with Gasteiger partial charge in [0.1, 0.15) is 17.2 Å². The summed E-state index contributed by atoms with van der Waals surface area (Å²) in [6.07, 6.45) is 0. The molecule has 2 heterocycles. The lowest BCUT2D eigenvalue weighted by Gasteiger charge is -2.34. The molecule has 3 aromatic rings. The second-order valence-electron chi connectivity index (χ2n) is 7.55. The first kappa shape index (κ1) is 21.4. The number of piperazine rings is 1. The zero-order valence-corrected chi connectivity index (χ0v) is 18.4. The van der Waals surface area contributed by atoms with Crippen molar-refractivity contribution in [1.29, 1.82) is 0 Å². The van der Waals surface area contributed by atoms with Crippen molar-refractivity contribution >= 4 is 11.8 Å². The molecule has 0 unspecified atom stereocenters. The average molecular weight is 434 g/mol. The first-order valence-corrected chi connectivity index (χ1v) is 10.4. The summed E-state index contributed by atoms with van der Waals surface area (Å²) in [5.74, 6) is 1.35. The van der Waals surface area contributed by atoms with E-state index in [0.717, 1.165) is 22.7 Å². The smallest absolute Gasteiger partial charge is 0.272 e. The van der Waals surface area contributed by atoms with Crippen molar-refractivity contribution in [3.05, 3.63) is 60.3 Å². The van der Waals surface area contributed by atoms with Gasteiger partial charge in [-0.1, -0.05) is 12.1 Å². The van der Waals surface area contributed by atoms with E-state index < -0.39 is 0 Å². The second-order valence-corrected chi connectivity index (χ2v) is 7.55. The van der Waals surface area contributed by atoms with Crippen molar-refractivity contribution in [2.24, 2.45) is 0 Å². The minimum atomic E-state index is -0.120. The molecule has 0 bridgehead atoms. The van der Waals surface area contributed by atoms with Gasteiger partial charge in [0.25, 0.3) is 5.91 Å². The van der Waals surface area contributed by atoms with Gasteiger partial charge in [-0.15, -0.1) is 0 Å². The van der Waals surface area contributed by atoms with Gasteiger partial charge in [-0.3, -0.25) is 9.59 Å². The van der Waals surface area contributed by atoms with E-state index in [1.54, 1.807) is 41.7 Å². The Balaban J connectivity index is 1.71. The molecule has 0 radical (unpaired) electrons. The van der Waals surface area contributed by atoms with E-state index in [1.165, 1.54) is 0 Å². The van der Waals surface area contributed by atoms with Gasteiger partial charge in [-0.2, -0.15) is 5.10 Å². The molecular weight excluding hydrogens is 408 g/mol. The van der Waals surface area contributed by atoms with Gasteiger partial charge < -0.3 is 19.3 Å². The van der Waals surface area contributed by atoms with Crippen LogP contribution in [-0.4, -0.2) is 71.8 Å². The fourth-order valence-corrected chi connectivity index (χ4v) is 3.76. The molecule has 1 saturated heterocycles. The molecule has 4 rings (SSSR count). The maximum absolute atomic E-state index is 13.5. The molecule has 0 aliphatic carbocycles. The Labute approximate surface area is 187 Å².